The molecule has 1 amide bonds. The SMILES string of the molecule is CCC(C)NC(=O)CCCO. The van der Waals surface area contributed by atoms with Crippen molar-refractivity contribution >= 4 is 5.91 Å². The molecule has 0 aliphatic carbocycles. The zero-order valence-corrected chi connectivity index (χ0v) is 7.26. The highest BCUT2D eigenvalue weighted by Crippen LogP contribution is 1.91. The largest absolute Gasteiger partial charge is 0.396 e. The molecule has 3 heteroatoms. The predicted molar refractivity (Wildman–Crippen MR) is 44.2 cm³/mol. The highest BCUT2D eigenvalue weighted by atomic mass is 16.3. The molecule has 0 heterocycles. The number of aliphatic hydroxyl groups is 1. The van der Waals surface area contributed by atoms with Gasteiger partial charge in [0.25, 0.3) is 0 Å². The molecule has 0 fully saturated rings. The third kappa shape index (κ3) is 5.85. The van der Waals surface area contributed by atoms with Gasteiger partial charge in [-0.25, -0.2) is 0 Å². The Morgan fingerprint density at radius 1 is 1.64 bits per heavy atom. The van der Waals surface area contributed by atoms with Crippen molar-refractivity contribution in [2.45, 2.75) is 39.2 Å². The molecule has 2 N–H and O–H groups in total. The van der Waals surface area contributed by atoms with Gasteiger partial charge in [0.1, 0.15) is 0 Å². The van der Waals surface area contributed by atoms with Crippen LogP contribution in [0.15, 0.2) is 0 Å². The summed E-state index contributed by atoms with van der Waals surface area (Å²) in [5, 5.41) is 11.2. The molecule has 0 radical (unpaired) electrons. The molecule has 0 saturated heterocycles. The van der Waals surface area contributed by atoms with Crippen LogP contribution in [0.2, 0.25) is 0 Å². The molecule has 0 rings (SSSR count). The van der Waals surface area contributed by atoms with Crippen molar-refractivity contribution in [1.82, 2.24) is 5.32 Å². The Labute approximate surface area is 67.8 Å². The molecule has 0 aliphatic rings. The first kappa shape index (κ1) is 10.4. The van der Waals surface area contributed by atoms with Crippen molar-refractivity contribution in [2.24, 2.45) is 0 Å². The Bertz CT molecular complexity index is 115. The summed E-state index contributed by atoms with van der Waals surface area (Å²) in [5.74, 6) is 0.0356. The molecule has 1 atom stereocenters. The molecule has 0 spiro atoms. The summed E-state index contributed by atoms with van der Waals surface area (Å²) < 4.78 is 0. The minimum absolute atomic E-state index is 0.0356. The summed E-state index contributed by atoms with van der Waals surface area (Å²) in [6, 6.07) is 0.251. The van der Waals surface area contributed by atoms with Gasteiger partial charge < -0.3 is 10.4 Å². The van der Waals surface area contributed by atoms with Crippen LogP contribution in [-0.4, -0.2) is 23.7 Å². The third-order valence-corrected chi connectivity index (χ3v) is 1.58. The number of rotatable bonds is 5. The fourth-order valence-electron chi connectivity index (χ4n) is 0.689. The van der Waals surface area contributed by atoms with E-state index in [1.807, 2.05) is 13.8 Å². The Morgan fingerprint density at radius 2 is 2.27 bits per heavy atom. The standard InChI is InChI=1S/C8H17NO2/c1-3-7(2)9-8(11)5-4-6-10/h7,10H,3-6H2,1-2H3,(H,9,11). The van der Waals surface area contributed by atoms with Crippen molar-refractivity contribution in [2.75, 3.05) is 6.61 Å². The van der Waals surface area contributed by atoms with E-state index in [4.69, 9.17) is 5.11 Å². The Balaban J connectivity index is 3.36. The zero-order valence-electron chi connectivity index (χ0n) is 7.26. The quantitative estimate of drug-likeness (QED) is 0.619. The van der Waals surface area contributed by atoms with Gasteiger partial charge in [0.05, 0.1) is 0 Å². The van der Waals surface area contributed by atoms with Crippen LogP contribution in [0.4, 0.5) is 0 Å². The number of hydrogen-bond acceptors (Lipinski definition) is 2. The molecule has 0 aromatic rings. The Hall–Kier alpha value is -0.570. The number of amides is 1. The lowest BCUT2D eigenvalue weighted by molar-refractivity contribution is -0.121. The minimum atomic E-state index is 0.0356. The van der Waals surface area contributed by atoms with Gasteiger partial charge in [-0.2, -0.15) is 0 Å². The van der Waals surface area contributed by atoms with Crippen LogP contribution >= 0.6 is 0 Å². The maximum atomic E-state index is 10.9. The first-order chi connectivity index (χ1) is 5.20. The second kappa shape index (κ2) is 6.16. The van der Waals surface area contributed by atoms with E-state index in [9.17, 15) is 4.79 Å². The molecule has 0 aromatic heterocycles. The summed E-state index contributed by atoms with van der Waals surface area (Å²) >= 11 is 0. The highest BCUT2D eigenvalue weighted by molar-refractivity contribution is 5.76. The monoisotopic (exact) mass is 159 g/mol. The number of aliphatic hydroxyl groups excluding tert-OH is 1. The summed E-state index contributed by atoms with van der Waals surface area (Å²) in [7, 11) is 0. The molecule has 3 nitrogen and oxygen atoms in total. The average molecular weight is 159 g/mol. The molecule has 0 aliphatic heterocycles. The van der Waals surface area contributed by atoms with Crippen LogP contribution in [0.3, 0.4) is 0 Å². The number of hydrogen-bond donors (Lipinski definition) is 2. The van der Waals surface area contributed by atoms with Crippen LogP contribution < -0.4 is 5.32 Å². The van der Waals surface area contributed by atoms with Crippen molar-refractivity contribution in [3.05, 3.63) is 0 Å². The van der Waals surface area contributed by atoms with Gasteiger partial charge in [0.2, 0.25) is 5.91 Å². The van der Waals surface area contributed by atoms with Crippen molar-refractivity contribution < 1.29 is 9.90 Å². The van der Waals surface area contributed by atoms with Crippen LogP contribution in [0.1, 0.15) is 33.1 Å². The Kier molecular flexibility index (Phi) is 5.84. The molecule has 0 saturated carbocycles. The summed E-state index contributed by atoms with van der Waals surface area (Å²) in [4.78, 5) is 10.9. The van der Waals surface area contributed by atoms with Gasteiger partial charge in [-0.1, -0.05) is 6.92 Å². The van der Waals surface area contributed by atoms with Crippen molar-refractivity contribution in [1.29, 1.82) is 0 Å². The van der Waals surface area contributed by atoms with Gasteiger partial charge in [-0.15, -0.1) is 0 Å². The lowest BCUT2D eigenvalue weighted by Crippen LogP contribution is -2.31. The second-order valence-electron chi connectivity index (χ2n) is 2.70. The molecule has 11 heavy (non-hydrogen) atoms. The number of carbonyl (C=O) groups excluding carboxylic acids is 1. The first-order valence-corrected chi connectivity index (χ1v) is 4.11. The van der Waals surface area contributed by atoms with E-state index >= 15 is 0 Å². The van der Waals surface area contributed by atoms with Crippen molar-refractivity contribution in [3.8, 4) is 0 Å². The van der Waals surface area contributed by atoms with E-state index in [1.165, 1.54) is 0 Å². The molecule has 1 unspecified atom stereocenters. The third-order valence-electron chi connectivity index (χ3n) is 1.58. The molecule has 0 bridgehead atoms. The molecular formula is C8H17NO2. The molecular weight excluding hydrogens is 142 g/mol. The van der Waals surface area contributed by atoms with Crippen LogP contribution in [0.5, 0.6) is 0 Å². The molecule has 66 valence electrons. The number of nitrogens with one attached hydrogen (secondary N) is 1. The summed E-state index contributed by atoms with van der Waals surface area (Å²) in [5.41, 5.74) is 0. The topological polar surface area (TPSA) is 49.3 Å². The predicted octanol–water partition coefficient (Wildman–Crippen LogP) is 0.674. The second-order valence-corrected chi connectivity index (χ2v) is 2.70. The van der Waals surface area contributed by atoms with Gasteiger partial charge in [-0.05, 0) is 19.8 Å². The van der Waals surface area contributed by atoms with Crippen molar-refractivity contribution in [3.63, 3.8) is 0 Å². The van der Waals surface area contributed by atoms with Gasteiger partial charge in [0.15, 0.2) is 0 Å². The van der Waals surface area contributed by atoms with Crippen LogP contribution in [-0.2, 0) is 4.79 Å². The van der Waals surface area contributed by atoms with Gasteiger partial charge in [-0.3, -0.25) is 4.79 Å². The van der Waals surface area contributed by atoms with E-state index < -0.39 is 0 Å². The molecule has 0 aromatic carbocycles. The lowest BCUT2D eigenvalue weighted by atomic mass is 10.2. The smallest absolute Gasteiger partial charge is 0.220 e. The Morgan fingerprint density at radius 3 is 2.73 bits per heavy atom. The van der Waals surface area contributed by atoms with E-state index in [0.717, 1.165) is 6.42 Å². The average Bonchev–Trinajstić information content (AvgIpc) is 2.00. The first-order valence-electron chi connectivity index (χ1n) is 4.11. The zero-order chi connectivity index (χ0) is 8.69. The summed E-state index contributed by atoms with van der Waals surface area (Å²) in [6.45, 7) is 4.09. The van der Waals surface area contributed by atoms with E-state index in [-0.39, 0.29) is 18.6 Å². The fraction of sp³-hybridized carbons (Fsp3) is 0.875. The maximum Gasteiger partial charge on any atom is 0.220 e. The maximum absolute atomic E-state index is 10.9. The van der Waals surface area contributed by atoms with E-state index in [0.29, 0.717) is 12.8 Å². The minimum Gasteiger partial charge on any atom is -0.396 e. The highest BCUT2D eigenvalue weighted by Gasteiger charge is 2.03. The number of carbonyl (C=O) groups is 1. The van der Waals surface area contributed by atoms with E-state index in [2.05, 4.69) is 5.32 Å². The van der Waals surface area contributed by atoms with Crippen LogP contribution in [0, 0.1) is 0 Å². The fourth-order valence-corrected chi connectivity index (χ4v) is 0.689. The van der Waals surface area contributed by atoms with Crippen LogP contribution in [0.25, 0.3) is 0 Å². The van der Waals surface area contributed by atoms with Gasteiger partial charge in [0, 0.05) is 19.1 Å². The summed E-state index contributed by atoms with van der Waals surface area (Å²) in [6.07, 6.45) is 1.94. The van der Waals surface area contributed by atoms with E-state index in [1.54, 1.807) is 0 Å². The normalized spacial score (nSPS) is 12.6. The lowest BCUT2D eigenvalue weighted by Gasteiger charge is -2.10. The van der Waals surface area contributed by atoms with Gasteiger partial charge >= 0.3 is 0 Å².